The Morgan fingerprint density at radius 2 is 2.16 bits per heavy atom. The van der Waals surface area contributed by atoms with Crippen molar-refractivity contribution in [3.63, 3.8) is 0 Å². The van der Waals surface area contributed by atoms with E-state index in [0.717, 1.165) is 12.8 Å². The fraction of sp³-hybridized carbons (Fsp3) is 0.727. The molecule has 19 heavy (non-hydrogen) atoms. The molecule has 0 radical (unpaired) electrons. The Balaban J connectivity index is 2.04. The zero-order chi connectivity index (χ0) is 13.8. The van der Waals surface area contributed by atoms with Crippen LogP contribution in [0.5, 0.6) is 0 Å². The molecular weight excluding hydrogens is 250 g/mol. The van der Waals surface area contributed by atoms with Crippen LogP contribution in [0.3, 0.4) is 0 Å². The third kappa shape index (κ3) is 3.07. The lowest BCUT2D eigenvalue weighted by molar-refractivity contribution is -0.132. The Bertz CT molecular complexity index is 469. The lowest BCUT2D eigenvalue weighted by Crippen LogP contribution is -2.36. The van der Waals surface area contributed by atoms with Crippen LogP contribution in [0.15, 0.2) is 0 Å². The molecule has 0 aliphatic heterocycles. The van der Waals surface area contributed by atoms with Crippen molar-refractivity contribution in [2.75, 3.05) is 13.2 Å². The van der Waals surface area contributed by atoms with E-state index in [-0.39, 0.29) is 24.9 Å². The Kier molecular flexibility index (Phi) is 4.08. The minimum Gasteiger partial charge on any atom is -0.460 e. The average molecular weight is 267 g/mol. The van der Waals surface area contributed by atoms with Crippen molar-refractivity contribution in [3.05, 3.63) is 5.82 Å². The summed E-state index contributed by atoms with van der Waals surface area (Å²) in [7, 11) is 0. The maximum atomic E-state index is 12.1. The third-order valence-electron chi connectivity index (χ3n) is 2.92. The first-order valence-corrected chi connectivity index (χ1v) is 6.40. The van der Waals surface area contributed by atoms with Gasteiger partial charge in [0.25, 0.3) is 5.82 Å². The largest absolute Gasteiger partial charge is 0.460 e. The lowest BCUT2D eigenvalue weighted by atomic mass is 10.4. The number of tetrazole rings is 1. The normalized spacial score (nSPS) is 14.2. The van der Waals surface area contributed by atoms with Crippen LogP contribution in [0.2, 0.25) is 0 Å². The van der Waals surface area contributed by atoms with Gasteiger partial charge < -0.3 is 9.64 Å². The van der Waals surface area contributed by atoms with Gasteiger partial charge in [0, 0.05) is 12.6 Å². The van der Waals surface area contributed by atoms with Crippen molar-refractivity contribution in [1.82, 2.24) is 25.1 Å². The summed E-state index contributed by atoms with van der Waals surface area (Å²) < 4.78 is 6.01. The molecule has 8 nitrogen and oxygen atoms in total. The van der Waals surface area contributed by atoms with Crippen molar-refractivity contribution in [3.8, 4) is 0 Å². The second-order valence-electron chi connectivity index (χ2n) is 4.29. The van der Waals surface area contributed by atoms with Crippen molar-refractivity contribution in [1.29, 1.82) is 0 Å². The highest BCUT2D eigenvalue weighted by Gasteiger charge is 2.32. The van der Waals surface area contributed by atoms with Crippen LogP contribution >= 0.6 is 0 Å². The molecule has 0 bridgehead atoms. The van der Waals surface area contributed by atoms with E-state index in [9.17, 15) is 9.59 Å². The molecule has 1 saturated carbocycles. The van der Waals surface area contributed by atoms with Crippen molar-refractivity contribution < 1.29 is 14.3 Å². The maximum Gasteiger partial charge on any atom is 0.378 e. The topological polar surface area (TPSA) is 90.2 Å². The molecule has 1 aliphatic rings. The number of ether oxygens (including phenoxy) is 1. The molecule has 0 N–H and O–H groups in total. The minimum absolute atomic E-state index is 0.0362. The zero-order valence-electron chi connectivity index (χ0n) is 11.1. The van der Waals surface area contributed by atoms with Gasteiger partial charge in [0.15, 0.2) is 0 Å². The first-order valence-electron chi connectivity index (χ1n) is 6.40. The molecule has 0 spiro atoms. The lowest BCUT2D eigenvalue weighted by Gasteiger charge is -2.20. The highest BCUT2D eigenvalue weighted by Crippen LogP contribution is 2.26. The fourth-order valence-electron chi connectivity index (χ4n) is 1.90. The number of hydrogen-bond acceptors (Lipinski definition) is 6. The Morgan fingerprint density at radius 1 is 1.42 bits per heavy atom. The molecule has 1 aliphatic carbocycles. The molecule has 1 aromatic rings. The van der Waals surface area contributed by atoms with Crippen LogP contribution in [0, 0.1) is 0 Å². The van der Waals surface area contributed by atoms with Crippen molar-refractivity contribution in [2.45, 2.75) is 39.3 Å². The molecule has 0 aromatic carbocycles. The molecule has 1 fully saturated rings. The molecule has 1 amide bonds. The van der Waals surface area contributed by atoms with Gasteiger partial charge in [-0.05, 0) is 37.1 Å². The number of esters is 1. The van der Waals surface area contributed by atoms with Gasteiger partial charge in [-0.3, -0.25) is 4.79 Å². The van der Waals surface area contributed by atoms with E-state index in [0.29, 0.717) is 12.6 Å². The summed E-state index contributed by atoms with van der Waals surface area (Å²) in [6.07, 6.45) is 2.08. The standard InChI is InChI=1S/C11H17N5O3/c1-3-15(8-5-6-8)9(17)7-16-10(12-13-14-16)11(18)19-4-2/h8H,3-7H2,1-2H3. The summed E-state index contributed by atoms with van der Waals surface area (Å²) in [4.78, 5) is 25.5. The number of carbonyl (C=O) groups excluding carboxylic acids is 2. The van der Waals surface area contributed by atoms with Crippen LogP contribution in [-0.2, 0) is 16.1 Å². The number of hydrogen-bond donors (Lipinski definition) is 0. The van der Waals surface area contributed by atoms with Gasteiger partial charge in [-0.15, -0.1) is 5.10 Å². The van der Waals surface area contributed by atoms with Gasteiger partial charge >= 0.3 is 5.97 Å². The second kappa shape index (κ2) is 5.77. The number of amides is 1. The molecule has 0 atom stereocenters. The number of nitrogens with zero attached hydrogens (tertiary/aromatic N) is 5. The predicted octanol–water partition coefficient (Wildman–Crippen LogP) is -0.139. The van der Waals surface area contributed by atoms with Gasteiger partial charge in [-0.25, -0.2) is 9.48 Å². The van der Waals surface area contributed by atoms with Crippen LogP contribution < -0.4 is 0 Å². The minimum atomic E-state index is -0.616. The molecule has 1 aromatic heterocycles. The SMILES string of the molecule is CCOC(=O)c1nnnn1CC(=O)N(CC)C1CC1. The van der Waals surface area contributed by atoms with Crippen molar-refractivity contribution >= 4 is 11.9 Å². The quantitative estimate of drug-likeness (QED) is 0.666. The van der Waals surface area contributed by atoms with E-state index in [1.54, 1.807) is 11.8 Å². The van der Waals surface area contributed by atoms with E-state index < -0.39 is 5.97 Å². The Hall–Kier alpha value is -1.99. The van der Waals surface area contributed by atoms with Crippen LogP contribution in [0.25, 0.3) is 0 Å². The molecule has 2 rings (SSSR count). The summed E-state index contributed by atoms with van der Waals surface area (Å²) in [6.45, 7) is 4.49. The third-order valence-corrected chi connectivity index (χ3v) is 2.92. The summed E-state index contributed by atoms with van der Waals surface area (Å²) >= 11 is 0. The van der Waals surface area contributed by atoms with Gasteiger partial charge in [0.05, 0.1) is 6.61 Å². The Labute approximate surface area is 110 Å². The summed E-state index contributed by atoms with van der Waals surface area (Å²) in [5.41, 5.74) is 0. The summed E-state index contributed by atoms with van der Waals surface area (Å²) in [5, 5.41) is 10.7. The van der Waals surface area contributed by atoms with E-state index >= 15 is 0 Å². The van der Waals surface area contributed by atoms with Crippen LogP contribution in [0.4, 0.5) is 0 Å². The van der Waals surface area contributed by atoms with E-state index in [4.69, 9.17) is 4.74 Å². The smallest absolute Gasteiger partial charge is 0.378 e. The zero-order valence-corrected chi connectivity index (χ0v) is 11.1. The monoisotopic (exact) mass is 267 g/mol. The molecule has 0 saturated heterocycles. The number of carbonyl (C=O) groups is 2. The maximum absolute atomic E-state index is 12.1. The molecule has 8 heteroatoms. The molecule has 104 valence electrons. The van der Waals surface area contributed by atoms with E-state index in [1.807, 2.05) is 6.92 Å². The first-order chi connectivity index (χ1) is 9.17. The number of likely N-dealkylation sites (N-methyl/N-ethyl adjacent to an activating group) is 1. The molecule has 0 unspecified atom stereocenters. The highest BCUT2D eigenvalue weighted by atomic mass is 16.5. The fourth-order valence-corrected chi connectivity index (χ4v) is 1.90. The Morgan fingerprint density at radius 3 is 2.74 bits per heavy atom. The van der Waals surface area contributed by atoms with Gasteiger partial charge in [0.1, 0.15) is 6.54 Å². The van der Waals surface area contributed by atoms with Gasteiger partial charge in [-0.2, -0.15) is 0 Å². The number of aromatic nitrogens is 4. The average Bonchev–Trinajstić information content (AvgIpc) is 3.09. The van der Waals surface area contributed by atoms with E-state index in [2.05, 4.69) is 15.5 Å². The van der Waals surface area contributed by atoms with E-state index in [1.165, 1.54) is 4.68 Å². The highest BCUT2D eigenvalue weighted by molar-refractivity contribution is 5.86. The number of rotatable bonds is 6. The second-order valence-corrected chi connectivity index (χ2v) is 4.29. The van der Waals surface area contributed by atoms with Gasteiger partial charge in [0.2, 0.25) is 5.91 Å². The van der Waals surface area contributed by atoms with Crippen LogP contribution in [0.1, 0.15) is 37.3 Å². The predicted molar refractivity (Wildman–Crippen MR) is 64.2 cm³/mol. The molecular formula is C11H17N5O3. The molecule has 1 heterocycles. The first kappa shape index (κ1) is 13.4. The van der Waals surface area contributed by atoms with Gasteiger partial charge in [-0.1, -0.05) is 0 Å². The van der Waals surface area contributed by atoms with Crippen molar-refractivity contribution in [2.24, 2.45) is 0 Å². The summed E-state index contributed by atoms with van der Waals surface area (Å²) in [5.74, 6) is -0.736. The van der Waals surface area contributed by atoms with Crippen LogP contribution in [-0.4, -0.2) is 56.2 Å². The summed E-state index contributed by atoms with van der Waals surface area (Å²) in [6, 6.07) is 0.333.